The van der Waals surface area contributed by atoms with E-state index in [1.165, 1.54) is 16.9 Å². The lowest BCUT2D eigenvalue weighted by molar-refractivity contribution is -0.141. The quantitative estimate of drug-likeness (QED) is 0.758. The van der Waals surface area contributed by atoms with Gasteiger partial charge in [0.25, 0.3) is 5.91 Å². The number of fused-ring (bicyclic) bond motifs is 1. The zero-order valence-corrected chi connectivity index (χ0v) is 15.2. The first-order valence-corrected chi connectivity index (χ1v) is 9.10. The number of rotatable bonds is 4. The molecule has 7 heteroatoms. The van der Waals surface area contributed by atoms with E-state index in [0.717, 1.165) is 5.56 Å². The number of halogens is 2. The molecule has 2 aliphatic heterocycles. The van der Waals surface area contributed by atoms with E-state index in [-0.39, 0.29) is 31.5 Å². The largest absolute Gasteiger partial charge is 0.497 e. The molecule has 2 saturated heterocycles. The number of allylic oxidation sites excluding steroid dienone is 2. The molecule has 144 valence electrons. The van der Waals surface area contributed by atoms with Gasteiger partial charge in [0.1, 0.15) is 5.75 Å². The molecule has 3 aliphatic rings. The van der Waals surface area contributed by atoms with Crippen LogP contribution in [0.4, 0.5) is 8.78 Å². The minimum atomic E-state index is -2.67. The maximum Gasteiger partial charge on any atom is 0.266 e. The third kappa shape index (κ3) is 2.80. The van der Waals surface area contributed by atoms with Gasteiger partial charge in [0.15, 0.2) is 5.67 Å². The number of carbonyl (C=O) groups excluding carboxylic acids is 2. The molecule has 1 aromatic rings. The van der Waals surface area contributed by atoms with E-state index in [2.05, 4.69) is 0 Å². The van der Waals surface area contributed by atoms with Gasteiger partial charge in [0, 0.05) is 12.5 Å². The second kappa shape index (κ2) is 6.32. The van der Waals surface area contributed by atoms with Crippen LogP contribution < -0.4 is 4.74 Å². The molecule has 2 atom stereocenters. The molecule has 2 amide bonds. The third-order valence-corrected chi connectivity index (χ3v) is 5.80. The van der Waals surface area contributed by atoms with Crippen molar-refractivity contribution < 1.29 is 23.1 Å². The normalized spacial score (nSPS) is 30.3. The Hall–Kier alpha value is -2.44. The number of nitrogens with zero attached hydrogens (tertiary/aromatic N) is 2. The first-order valence-electron chi connectivity index (χ1n) is 9.10. The zero-order chi connectivity index (χ0) is 19.2. The molecule has 2 heterocycles. The van der Waals surface area contributed by atoms with Crippen LogP contribution in [0, 0.1) is 5.92 Å². The van der Waals surface area contributed by atoms with Crippen LogP contribution in [-0.4, -0.2) is 59.7 Å². The van der Waals surface area contributed by atoms with Crippen LogP contribution in [0.5, 0.6) is 5.75 Å². The molecule has 0 bridgehead atoms. The maximum absolute atomic E-state index is 15.5. The Bertz CT molecular complexity index is 806. The van der Waals surface area contributed by atoms with Crippen LogP contribution in [-0.2, 0) is 16.1 Å². The number of hydrogen-bond acceptors (Lipinski definition) is 3. The first kappa shape index (κ1) is 17.9. The smallest absolute Gasteiger partial charge is 0.266 e. The van der Waals surface area contributed by atoms with Gasteiger partial charge in [-0.05, 0) is 30.5 Å². The highest BCUT2D eigenvalue weighted by Gasteiger charge is 2.71. The molecular weight excluding hydrogens is 354 g/mol. The van der Waals surface area contributed by atoms with Crippen LogP contribution in [0.3, 0.4) is 0 Å². The Morgan fingerprint density at radius 3 is 2.63 bits per heavy atom. The Kier molecular flexibility index (Phi) is 4.20. The fraction of sp³-hybridized carbons (Fsp3) is 0.500. The highest BCUT2D eigenvalue weighted by molar-refractivity contribution is 5.92. The van der Waals surface area contributed by atoms with E-state index in [1.807, 2.05) is 12.2 Å². The summed E-state index contributed by atoms with van der Waals surface area (Å²) in [5.41, 5.74) is -4.31. The lowest BCUT2D eigenvalue weighted by Crippen LogP contribution is -2.47. The van der Waals surface area contributed by atoms with Crippen LogP contribution in [0.1, 0.15) is 18.4 Å². The summed E-state index contributed by atoms with van der Waals surface area (Å²) in [5.74, 6) is -0.798. The van der Waals surface area contributed by atoms with Gasteiger partial charge in [0.05, 0.1) is 26.7 Å². The highest BCUT2D eigenvalue weighted by Crippen LogP contribution is 2.46. The standard InChI is InChI=1S/C20H22F2N2O3/c1-27-16-8-4-5-14(9-16)10-23-11-19(21)12-24(13-20(19,22)18(23)26)17(25)15-6-2-3-7-15/h2-5,8-9,15H,6-7,10-13H2,1H3/t19-,20-/m1/s1. The maximum atomic E-state index is 15.5. The summed E-state index contributed by atoms with van der Waals surface area (Å²) >= 11 is 0. The molecule has 0 radical (unpaired) electrons. The van der Waals surface area contributed by atoms with E-state index in [1.54, 1.807) is 24.3 Å². The van der Waals surface area contributed by atoms with Crippen LogP contribution in [0.25, 0.3) is 0 Å². The van der Waals surface area contributed by atoms with Crippen molar-refractivity contribution >= 4 is 11.8 Å². The van der Waals surface area contributed by atoms with Gasteiger partial charge in [-0.25, -0.2) is 8.78 Å². The summed E-state index contributed by atoms with van der Waals surface area (Å²) in [6.45, 7) is -1.13. The number of amides is 2. The van der Waals surface area contributed by atoms with Gasteiger partial charge in [-0.3, -0.25) is 9.59 Å². The number of benzene rings is 1. The average molecular weight is 376 g/mol. The number of methoxy groups -OCH3 is 1. The molecule has 0 spiro atoms. The summed E-state index contributed by atoms with van der Waals surface area (Å²) in [6, 6.07) is 7.05. The number of carbonyl (C=O) groups is 2. The number of alkyl halides is 2. The fourth-order valence-corrected chi connectivity index (χ4v) is 4.30. The number of ether oxygens (including phenoxy) is 1. The molecule has 0 unspecified atom stereocenters. The summed E-state index contributed by atoms with van der Waals surface area (Å²) in [4.78, 5) is 27.6. The van der Waals surface area contributed by atoms with Crippen molar-refractivity contribution in [2.45, 2.75) is 30.7 Å². The molecule has 2 fully saturated rings. The van der Waals surface area contributed by atoms with Gasteiger partial charge < -0.3 is 14.5 Å². The van der Waals surface area contributed by atoms with Gasteiger partial charge in [0.2, 0.25) is 11.6 Å². The van der Waals surface area contributed by atoms with Gasteiger partial charge in [-0.15, -0.1) is 0 Å². The van der Waals surface area contributed by atoms with E-state index >= 15 is 8.78 Å². The van der Waals surface area contributed by atoms with E-state index in [4.69, 9.17) is 4.74 Å². The molecule has 4 rings (SSSR count). The van der Waals surface area contributed by atoms with Gasteiger partial charge in [-0.1, -0.05) is 24.3 Å². The topological polar surface area (TPSA) is 49.9 Å². The lowest BCUT2D eigenvalue weighted by Gasteiger charge is -2.24. The summed E-state index contributed by atoms with van der Waals surface area (Å²) < 4.78 is 36.1. The summed E-state index contributed by atoms with van der Waals surface area (Å²) in [7, 11) is 1.53. The van der Waals surface area contributed by atoms with Gasteiger partial charge in [-0.2, -0.15) is 0 Å². The van der Waals surface area contributed by atoms with E-state index in [9.17, 15) is 9.59 Å². The summed E-state index contributed by atoms with van der Waals surface area (Å²) in [5, 5.41) is 0. The van der Waals surface area contributed by atoms with Crippen molar-refractivity contribution in [2.24, 2.45) is 5.92 Å². The Morgan fingerprint density at radius 1 is 1.22 bits per heavy atom. The van der Waals surface area contributed by atoms with Crippen molar-refractivity contribution in [3.63, 3.8) is 0 Å². The Labute approximate surface area is 156 Å². The van der Waals surface area contributed by atoms with Crippen LogP contribution >= 0.6 is 0 Å². The molecule has 0 N–H and O–H groups in total. The number of likely N-dealkylation sites (tertiary alicyclic amines) is 2. The highest BCUT2D eigenvalue weighted by atomic mass is 19.2. The molecule has 1 aliphatic carbocycles. The number of hydrogen-bond donors (Lipinski definition) is 0. The minimum Gasteiger partial charge on any atom is -0.497 e. The Morgan fingerprint density at radius 2 is 1.96 bits per heavy atom. The molecule has 0 aromatic heterocycles. The van der Waals surface area contributed by atoms with Gasteiger partial charge >= 0.3 is 0 Å². The molecule has 5 nitrogen and oxygen atoms in total. The van der Waals surface area contributed by atoms with Crippen molar-refractivity contribution in [2.75, 3.05) is 26.7 Å². The van der Waals surface area contributed by atoms with Crippen LogP contribution in [0.2, 0.25) is 0 Å². The second-order valence-corrected chi connectivity index (χ2v) is 7.61. The SMILES string of the molecule is COc1cccc(CN2C[C@@]3(F)CN(C(=O)C4CC=CC4)C[C@@]3(F)C2=O)c1. The first-order chi connectivity index (χ1) is 12.9. The minimum absolute atomic E-state index is 0.105. The predicted molar refractivity (Wildman–Crippen MR) is 94.5 cm³/mol. The average Bonchev–Trinajstić information content (AvgIpc) is 3.31. The zero-order valence-electron chi connectivity index (χ0n) is 15.2. The van der Waals surface area contributed by atoms with E-state index < -0.39 is 23.8 Å². The molecule has 27 heavy (non-hydrogen) atoms. The van der Waals surface area contributed by atoms with Crippen LogP contribution in [0.15, 0.2) is 36.4 Å². The fourth-order valence-electron chi connectivity index (χ4n) is 4.30. The molecule has 1 aromatic carbocycles. The lowest BCUT2D eigenvalue weighted by atomic mass is 9.93. The Balaban J connectivity index is 1.49. The van der Waals surface area contributed by atoms with Crippen molar-refractivity contribution in [1.29, 1.82) is 0 Å². The third-order valence-electron chi connectivity index (χ3n) is 5.80. The molecule has 0 saturated carbocycles. The monoisotopic (exact) mass is 376 g/mol. The predicted octanol–water partition coefficient (Wildman–Crippen LogP) is 2.26. The van der Waals surface area contributed by atoms with Crippen molar-refractivity contribution in [1.82, 2.24) is 9.80 Å². The van der Waals surface area contributed by atoms with E-state index in [0.29, 0.717) is 18.6 Å². The van der Waals surface area contributed by atoms with Crippen molar-refractivity contribution in [3.8, 4) is 5.75 Å². The second-order valence-electron chi connectivity index (χ2n) is 7.61. The van der Waals surface area contributed by atoms with Crippen molar-refractivity contribution in [3.05, 3.63) is 42.0 Å². The molecular formula is C20H22F2N2O3. The summed E-state index contributed by atoms with van der Waals surface area (Å²) in [6.07, 6.45) is 4.97.